The fourth-order valence-corrected chi connectivity index (χ4v) is 3.31. The lowest BCUT2D eigenvalue weighted by molar-refractivity contribution is -0.153. The second kappa shape index (κ2) is 7.85. The van der Waals surface area contributed by atoms with Crippen LogP contribution >= 0.6 is 0 Å². The molecule has 6 nitrogen and oxygen atoms in total. The number of aromatic nitrogens is 3. The van der Waals surface area contributed by atoms with Gasteiger partial charge in [-0.3, -0.25) is 0 Å². The predicted molar refractivity (Wildman–Crippen MR) is 104 cm³/mol. The van der Waals surface area contributed by atoms with Gasteiger partial charge in [0, 0.05) is 30.1 Å². The van der Waals surface area contributed by atoms with Crippen molar-refractivity contribution in [3.63, 3.8) is 0 Å². The van der Waals surface area contributed by atoms with Gasteiger partial charge in [0.1, 0.15) is 17.4 Å². The highest BCUT2D eigenvalue weighted by Gasteiger charge is 2.29. The molecule has 0 amide bonds. The number of fused-ring (bicyclic) bond motifs is 1. The maximum atomic E-state index is 13.8. The van der Waals surface area contributed by atoms with Crippen LogP contribution in [0.2, 0.25) is 0 Å². The van der Waals surface area contributed by atoms with Crippen LogP contribution in [0.1, 0.15) is 30.5 Å². The molecule has 1 aromatic carbocycles. The molecule has 0 spiro atoms. The summed E-state index contributed by atoms with van der Waals surface area (Å²) in [6, 6.07) is 4.55. The average molecular weight is 421 g/mol. The molecule has 2 aromatic heterocycles. The number of hydrogen-bond acceptors (Lipinski definition) is 5. The quantitative estimate of drug-likeness (QED) is 0.581. The molecule has 1 atom stereocenters. The molecule has 3 aromatic rings. The first-order valence-electron chi connectivity index (χ1n) is 9.33. The second-order valence-electron chi connectivity index (χ2n) is 6.96. The van der Waals surface area contributed by atoms with Crippen LogP contribution in [0, 0.1) is 5.82 Å². The number of anilines is 1. The first kappa shape index (κ1) is 20.0. The van der Waals surface area contributed by atoms with E-state index in [0.29, 0.717) is 11.5 Å². The fraction of sp³-hybridized carbons (Fsp3) is 0.300. The summed E-state index contributed by atoms with van der Waals surface area (Å²) in [6.45, 7) is 1.09. The fourth-order valence-electron chi connectivity index (χ4n) is 3.31. The molecule has 3 heterocycles. The smallest absolute Gasteiger partial charge is 0.422 e. The van der Waals surface area contributed by atoms with E-state index in [9.17, 15) is 17.6 Å². The van der Waals surface area contributed by atoms with Crippen molar-refractivity contribution in [3.8, 4) is 5.75 Å². The molecule has 0 bridgehead atoms. The van der Waals surface area contributed by atoms with E-state index in [0.717, 1.165) is 36.2 Å². The van der Waals surface area contributed by atoms with Crippen LogP contribution < -0.4 is 15.4 Å². The Morgan fingerprint density at radius 3 is 2.87 bits per heavy atom. The average Bonchev–Trinajstić information content (AvgIpc) is 3.35. The summed E-state index contributed by atoms with van der Waals surface area (Å²) in [5, 5.41) is 10.6. The zero-order valence-corrected chi connectivity index (χ0v) is 16.0. The molecule has 0 saturated carbocycles. The summed E-state index contributed by atoms with van der Waals surface area (Å²) >= 11 is 0. The van der Waals surface area contributed by atoms with Gasteiger partial charge in [0.15, 0.2) is 12.3 Å². The topological polar surface area (TPSA) is 63.5 Å². The summed E-state index contributed by atoms with van der Waals surface area (Å²) < 4.78 is 57.9. The Kier molecular flexibility index (Phi) is 5.23. The first-order chi connectivity index (χ1) is 14.3. The van der Waals surface area contributed by atoms with E-state index < -0.39 is 24.6 Å². The van der Waals surface area contributed by atoms with Crippen LogP contribution in [0.3, 0.4) is 0 Å². The lowest BCUT2D eigenvalue weighted by Crippen LogP contribution is -2.20. The summed E-state index contributed by atoms with van der Waals surface area (Å²) in [7, 11) is 0. The van der Waals surface area contributed by atoms with Crippen molar-refractivity contribution in [2.45, 2.75) is 25.6 Å². The van der Waals surface area contributed by atoms with E-state index in [-0.39, 0.29) is 11.3 Å². The monoisotopic (exact) mass is 421 g/mol. The largest absolute Gasteiger partial charge is 0.484 e. The highest BCUT2D eigenvalue weighted by molar-refractivity contribution is 5.77. The Bertz CT molecular complexity index is 1090. The SMILES string of the molecule is C[C@@H](Nc1ccn2ncc(C3=CNCC3)c2n1)c1cc(F)ccc1OCC(F)(F)F. The number of nitrogens with one attached hydrogen (secondary N) is 2. The minimum atomic E-state index is -4.49. The molecule has 158 valence electrons. The molecule has 1 aliphatic rings. The molecule has 0 radical (unpaired) electrons. The third-order valence-electron chi connectivity index (χ3n) is 4.72. The highest BCUT2D eigenvalue weighted by Crippen LogP contribution is 2.30. The van der Waals surface area contributed by atoms with E-state index in [1.54, 1.807) is 29.9 Å². The number of ether oxygens (including phenoxy) is 1. The Balaban J connectivity index is 1.59. The summed E-state index contributed by atoms with van der Waals surface area (Å²) in [6.07, 6.45) is 1.77. The molecular weight excluding hydrogens is 402 g/mol. The summed E-state index contributed by atoms with van der Waals surface area (Å²) in [4.78, 5) is 4.59. The molecule has 30 heavy (non-hydrogen) atoms. The zero-order valence-electron chi connectivity index (χ0n) is 16.0. The van der Waals surface area contributed by atoms with Crippen molar-refractivity contribution < 1.29 is 22.3 Å². The first-order valence-corrected chi connectivity index (χ1v) is 9.33. The van der Waals surface area contributed by atoms with Crippen LogP contribution in [0.5, 0.6) is 5.75 Å². The minimum Gasteiger partial charge on any atom is -0.484 e. The van der Waals surface area contributed by atoms with Gasteiger partial charge >= 0.3 is 6.18 Å². The molecule has 0 unspecified atom stereocenters. The molecule has 4 rings (SSSR count). The normalized spacial score (nSPS) is 15.0. The molecule has 1 aliphatic heterocycles. The van der Waals surface area contributed by atoms with Crippen LogP contribution in [0.25, 0.3) is 11.2 Å². The Morgan fingerprint density at radius 1 is 1.30 bits per heavy atom. The number of hydrogen-bond donors (Lipinski definition) is 2. The lowest BCUT2D eigenvalue weighted by atomic mass is 10.1. The van der Waals surface area contributed by atoms with Gasteiger partial charge in [-0.05, 0) is 43.2 Å². The number of benzene rings is 1. The Morgan fingerprint density at radius 2 is 2.13 bits per heavy atom. The van der Waals surface area contributed by atoms with Gasteiger partial charge in [0.25, 0.3) is 0 Å². The third-order valence-corrected chi connectivity index (χ3v) is 4.72. The molecular formula is C20H19F4N5O. The number of alkyl halides is 3. The van der Waals surface area contributed by atoms with Gasteiger partial charge in [-0.1, -0.05) is 0 Å². The van der Waals surface area contributed by atoms with Gasteiger partial charge in [-0.15, -0.1) is 0 Å². The molecule has 0 aliphatic carbocycles. The van der Waals surface area contributed by atoms with Crippen LogP contribution in [0.4, 0.5) is 23.4 Å². The van der Waals surface area contributed by atoms with Crippen LogP contribution in [0.15, 0.2) is 42.9 Å². The van der Waals surface area contributed by atoms with Gasteiger partial charge in [0.2, 0.25) is 0 Å². The van der Waals surface area contributed by atoms with E-state index in [2.05, 4.69) is 20.7 Å². The number of halogens is 4. The van der Waals surface area contributed by atoms with Crippen molar-refractivity contribution in [1.29, 1.82) is 0 Å². The van der Waals surface area contributed by atoms with E-state index in [1.807, 2.05) is 6.20 Å². The van der Waals surface area contributed by atoms with Crippen molar-refractivity contribution in [1.82, 2.24) is 19.9 Å². The Labute approximate surface area is 169 Å². The van der Waals surface area contributed by atoms with Gasteiger partial charge in [-0.2, -0.15) is 18.3 Å². The maximum Gasteiger partial charge on any atom is 0.422 e. The van der Waals surface area contributed by atoms with Gasteiger partial charge in [-0.25, -0.2) is 13.9 Å². The highest BCUT2D eigenvalue weighted by atomic mass is 19.4. The molecule has 2 N–H and O–H groups in total. The molecule has 10 heteroatoms. The van der Waals surface area contributed by atoms with Crippen molar-refractivity contribution in [3.05, 3.63) is 59.8 Å². The predicted octanol–water partition coefficient (Wildman–Crippen LogP) is 4.32. The minimum absolute atomic E-state index is 0.0398. The van der Waals surface area contributed by atoms with E-state index in [4.69, 9.17) is 4.74 Å². The van der Waals surface area contributed by atoms with Crippen LogP contribution in [-0.2, 0) is 0 Å². The summed E-state index contributed by atoms with van der Waals surface area (Å²) in [5.41, 5.74) is 2.90. The number of rotatable bonds is 6. The van der Waals surface area contributed by atoms with Crippen molar-refractivity contribution in [2.75, 3.05) is 18.5 Å². The second-order valence-corrected chi connectivity index (χ2v) is 6.96. The van der Waals surface area contributed by atoms with Crippen molar-refractivity contribution in [2.24, 2.45) is 0 Å². The van der Waals surface area contributed by atoms with E-state index >= 15 is 0 Å². The maximum absolute atomic E-state index is 13.8. The van der Waals surface area contributed by atoms with E-state index in [1.165, 1.54) is 6.07 Å². The number of nitrogens with zero attached hydrogens (tertiary/aromatic N) is 3. The standard InChI is InChI=1S/C20H19F4N5O/c1-12(15-8-14(21)2-3-17(15)30-11-20(22,23)24)27-18-5-7-29-19(28-18)16(10-26-29)13-4-6-25-9-13/h2-3,5,7-10,12,25H,4,6,11H2,1H3,(H,27,28)/t12-/m1/s1. The molecule has 0 saturated heterocycles. The van der Waals surface area contributed by atoms with Crippen LogP contribution in [-0.4, -0.2) is 33.9 Å². The van der Waals surface area contributed by atoms with Gasteiger partial charge in [0.05, 0.1) is 12.2 Å². The Hall–Kier alpha value is -3.30. The van der Waals surface area contributed by atoms with Gasteiger partial charge < -0.3 is 15.4 Å². The van der Waals surface area contributed by atoms with Crippen molar-refractivity contribution >= 4 is 17.0 Å². The third kappa shape index (κ3) is 4.32. The zero-order chi connectivity index (χ0) is 21.3. The molecule has 0 fully saturated rings. The summed E-state index contributed by atoms with van der Waals surface area (Å²) in [5.74, 6) is -0.128. The lowest BCUT2D eigenvalue weighted by Gasteiger charge is -2.19.